The van der Waals surface area contributed by atoms with Crippen molar-refractivity contribution in [1.29, 1.82) is 0 Å². The van der Waals surface area contributed by atoms with Crippen molar-refractivity contribution in [3.05, 3.63) is 29.8 Å². The number of ether oxygens (including phenoxy) is 1. The summed E-state index contributed by atoms with van der Waals surface area (Å²) >= 11 is 0. The van der Waals surface area contributed by atoms with Crippen LogP contribution in [-0.2, 0) is 0 Å². The van der Waals surface area contributed by atoms with Crippen LogP contribution in [-0.4, -0.2) is 19.3 Å². The quantitative estimate of drug-likeness (QED) is 0.849. The standard InChI is InChI=1S/C14H20F3NO/c1-10(2)8-19-13-6-4-12(5-7-13)11(3)18-9-14(15,16)17/h4-7,10-11,18H,8-9H2,1-3H3. The number of benzene rings is 1. The number of hydrogen-bond donors (Lipinski definition) is 1. The third-order valence-corrected chi connectivity index (χ3v) is 2.57. The van der Waals surface area contributed by atoms with Gasteiger partial charge < -0.3 is 10.1 Å². The van der Waals surface area contributed by atoms with Gasteiger partial charge in [0, 0.05) is 6.04 Å². The highest BCUT2D eigenvalue weighted by molar-refractivity contribution is 5.28. The van der Waals surface area contributed by atoms with Gasteiger partial charge in [0.2, 0.25) is 0 Å². The molecule has 1 rings (SSSR count). The maximum absolute atomic E-state index is 12.1. The smallest absolute Gasteiger partial charge is 0.401 e. The fourth-order valence-corrected chi connectivity index (χ4v) is 1.50. The van der Waals surface area contributed by atoms with E-state index in [2.05, 4.69) is 19.2 Å². The molecule has 0 amide bonds. The summed E-state index contributed by atoms with van der Waals surface area (Å²) in [7, 11) is 0. The number of rotatable bonds is 6. The van der Waals surface area contributed by atoms with Crippen molar-refractivity contribution in [3.8, 4) is 5.75 Å². The third-order valence-electron chi connectivity index (χ3n) is 2.57. The van der Waals surface area contributed by atoms with Crippen molar-refractivity contribution in [2.45, 2.75) is 33.0 Å². The van der Waals surface area contributed by atoms with Crippen LogP contribution < -0.4 is 10.1 Å². The second-order valence-electron chi connectivity index (χ2n) is 4.99. The molecule has 0 aliphatic heterocycles. The second kappa shape index (κ2) is 6.80. The first-order chi connectivity index (χ1) is 8.78. The van der Waals surface area contributed by atoms with Crippen LogP contribution in [0.5, 0.6) is 5.75 Å². The molecule has 0 saturated heterocycles. The molecule has 1 aromatic carbocycles. The zero-order chi connectivity index (χ0) is 14.5. The Bertz CT molecular complexity index is 373. The molecule has 0 saturated carbocycles. The van der Waals surface area contributed by atoms with Gasteiger partial charge in [0.15, 0.2) is 0 Å². The summed E-state index contributed by atoms with van der Waals surface area (Å²) in [5, 5.41) is 2.44. The van der Waals surface area contributed by atoms with E-state index in [1.807, 2.05) is 0 Å². The molecule has 108 valence electrons. The molecule has 1 aromatic rings. The molecule has 0 aliphatic carbocycles. The van der Waals surface area contributed by atoms with Crippen LogP contribution in [0.25, 0.3) is 0 Å². The summed E-state index contributed by atoms with van der Waals surface area (Å²) in [4.78, 5) is 0. The van der Waals surface area contributed by atoms with Gasteiger partial charge in [-0.25, -0.2) is 0 Å². The monoisotopic (exact) mass is 275 g/mol. The SMILES string of the molecule is CC(C)COc1ccc(C(C)NCC(F)(F)F)cc1. The van der Waals surface area contributed by atoms with E-state index in [9.17, 15) is 13.2 Å². The minimum atomic E-state index is -4.19. The van der Waals surface area contributed by atoms with Gasteiger partial charge in [-0.15, -0.1) is 0 Å². The first kappa shape index (κ1) is 15.8. The third kappa shape index (κ3) is 6.47. The van der Waals surface area contributed by atoms with Crippen molar-refractivity contribution in [2.24, 2.45) is 5.92 Å². The molecule has 1 N–H and O–H groups in total. The molecule has 0 bridgehead atoms. The molecular formula is C14H20F3NO. The summed E-state index contributed by atoms with van der Waals surface area (Å²) in [6.07, 6.45) is -4.19. The number of hydrogen-bond acceptors (Lipinski definition) is 2. The van der Waals surface area contributed by atoms with Crippen LogP contribution in [0.15, 0.2) is 24.3 Å². The lowest BCUT2D eigenvalue weighted by molar-refractivity contribution is -0.126. The van der Waals surface area contributed by atoms with Gasteiger partial charge in [-0.1, -0.05) is 26.0 Å². The lowest BCUT2D eigenvalue weighted by atomic mass is 10.1. The zero-order valence-electron chi connectivity index (χ0n) is 11.4. The molecule has 0 spiro atoms. The number of halogens is 3. The molecule has 19 heavy (non-hydrogen) atoms. The summed E-state index contributed by atoms with van der Waals surface area (Å²) < 4.78 is 41.8. The highest BCUT2D eigenvalue weighted by atomic mass is 19.4. The first-order valence-electron chi connectivity index (χ1n) is 6.31. The van der Waals surface area contributed by atoms with Gasteiger partial charge in [-0.2, -0.15) is 13.2 Å². The average molecular weight is 275 g/mol. The van der Waals surface area contributed by atoms with Crippen LogP contribution >= 0.6 is 0 Å². The van der Waals surface area contributed by atoms with Crippen LogP contribution in [0.3, 0.4) is 0 Å². The van der Waals surface area contributed by atoms with E-state index in [1.165, 1.54) is 0 Å². The molecule has 0 heterocycles. The minimum absolute atomic E-state index is 0.347. The van der Waals surface area contributed by atoms with Gasteiger partial charge in [-0.3, -0.25) is 0 Å². The fraction of sp³-hybridized carbons (Fsp3) is 0.571. The van der Waals surface area contributed by atoms with E-state index < -0.39 is 12.7 Å². The van der Waals surface area contributed by atoms with Crippen molar-refractivity contribution in [2.75, 3.05) is 13.2 Å². The maximum atomic E-state index is 12.1. The summed E-state index contributed by atoms with van der Waals surface area (Å²) in [6.45, 7) is 5.45. The maximum Gasteiger partial charge on any atom is 0.401 e. The highest BCUT2D eigenvalue weighted by Crippen LogP contribution is 2.20. The topological polar surface area (TPSA) is 21.3 Å². The lowest BCUT2D eigenvalue weighted by Gasteiger charge is -2.16. The van der Waals surface area contributed by atoms with Gasteiger partial charge in [0.25, 0.3) is 0 Å². The molecule has 5 heteroatoms. The Kier molecular flexibility index (Phi) is 5.66. The van der Waals surface area contributed by atoms with Gasteiger partial charge in [0.05, 0.1) is 13.2 Å². The Labute approximate surface area is 112 Å². The van der Waals surface area contributed by atoms with E-state index in [0.29, 0.717) is 12.5 Å². The molecule has 1 unspecified atom stereocenters. The molecule has 1 atom stereocenters. The Hall–Kier alpha value is -1.23. The molecule has 2 nitrogen and oxygen atoms in total. The zero-order valence-corrected chi connectivity index (χ0v) is 11.4. The Balaban J connectivity index is 2.51. The van der Waals surface area contributed by atoms with Crippen LogP contribution in [0, 0.1) is 5.92 Å². The molecule has 0 radical (unpaired) electrons. The number of alkyl halides is 3. The molecular weight excluding hydrogens is 255 g/mol. The second-order valence-corrected chi connectivity index (χ2v) is 4.99. The van der Waals surface area contributed by atoms with Crippen molar-refractivity contribution in [1.82, 2.24) is 5.32 Å². The van der Waals surface area contributed by atoms with E-state index >= 15 is 0 Å². The van der Waals surface area contributed by atoms with Gasteiger partial charge in [0.1, 0.15) is 5.75 Å². The minimum Gasteiger partial charge on any atom is -0.493 e. The predicted octanol–water partition coefficient (Wildman–Crippen LogP) is 3.93. The summed E-state index contributed by atoms with van der Waals surface area (Å²) in [6, 6.07) is 6.78. The average Bonchev–Trinajstić information content (AvgIpc) is 2.33. The molecule has 0 fully saturated rings. The van der Waals surface area contributed by atoms with E-state index in [0.717, 1.165) is 11.3 Å². The van der Waals surface area contributed by atoms with Gasteiger partial charge >= 0.3 is 6.18 Å². The van der Waals surface area contributed by atoms with Crippen LogP contribution in [0.4, 0.5) is 13.2 Å². The number of nitrogens with one attached hydrogen (secondary N) is 1. The van der Waals surface area contributed by atoms with E-state index in [1.54, 1.807) is 31.2 Å². The highest BCUT2D eigenvalue weighted by Gasteiger charge is 2.27. The van der Waals surface area contributed by atoms with Crippen molar-refractivity contribution < 1.29 is 17.9 Å². The molecule has 0 aliphatic rings. The first-order valence-corrected chi connectivity index (χ1v) is 6.31. The van der Waals surface area contributed by atoms with Crippen LogP contribution in [0.1, 0.15) is 32.4 Å². The summed E-state index contributed by atoms with van der Waals surface area (Å²) in [5.74, 6) is 1.17. The fourth-order valence-electron chi connectivity index (χ4n) is 1.50. The Morgan fingerprint density at radius 3 is 2.16 bits per heavy atom. The van der Waals surface area contributed by atoms with Crippen molar-refractivity contribution >= 4 is 0 Å². The van der Waals surface area contributed by atoms with E-state index in [-0.39, 0.29) is 6.04 Å². The largest absolute Gasteiger partial charge is 0.493 e. The summed E-state index contributed by atoms with van der Waals surface area (Å²) in [5.41, 5.74) is 0.807. The van der Waals surface area contributed by atoms with Crippen molar-refractivity contribution in [3.63, 3.8) is 0 Å². The predicted molar refractivity (Wildman–Crippen MR) is 69.2 cm³/mol. The Morgan fingerprint density at radius 2 is 1.68 bits per heavy atom. The molecule has 0 aromatic heterocycles. The van der Waals surface area contributed by atoms with Crippen LogP contribution in [0.2, 0.25) is 0 Å². The Morgan fingerprint density at radius 1 is 1.11 bits per heavy atom. The normalized spacial score (nSPS) is 13.6. The van der Waals surface area contributed by atoms with E-state index in [4.69, 9.17) is 4.74 Å². The van der Waals surface area contributed by atoms with Gasteiger partial charge in [-0.05, 0) is 30.5 Å². The lowest BCUT2D eigenvalue weighted by Crippen LogP contribution is -2.30.